The maximum absolute atomic E-state index is 11.3. The molecule has 1 aromatic carbocycles. The van der Waals surface area contributed by atoms with Crippen molar-refractivity contribution in [1.29, 1.82) is 0 Å². The highest BCUT2D eigenvalue weighted by molar-refractivity contribution is 5.96. The first-order valence-corrected chi connectivity index (χ1v) is 6.15. The van der Waals surface area contributed by atoms with Gasteiger partial charge in [0.15, 0.2) is 0 Å². The van der Waals surface area contributed by atoms with Gasteiger partial charge in [0, 0.05) is 5.39 Å². The molecule has 0 radical (unpaired) electrons. The average molecular weight is 258 g/mol. The van der Waals surface area contributed by atoms with E-state index in [1.807, 2.05) is 27.7 Å². The van der Waals surface area contributed by atoms with Crippen LogP contribution in [-0.4, -0.2) is 16.0 Å². The lowest BCUT2D eigenvalue weighted by atomic mass is 9.84. The van der Waals surface area contributed by atoms with Crippen LogP contribution in [0.2, 0.25) is 0 Å². The minimum Gasteiger partial charge on any atom is -0.508 e. The number of fused-ring (bicyclic) bond motifs is 1. The highest BCUT2D eigenvalue weighted by Gasteiger charge is 2.20. The van der Waals surface area contributed by atoms with Gasteiger partial charge in [0.2, 0.25) is 0 Å². The lowest BCUT2D eigenvalue weighted by Crippen LogP contribution is -2.16. The van der Waals surface area contributed by atoms with Gasteiger partial charge in [-0.05, 0) is 41.7 Å². The van der Waals surface area contributed by atoms with Gasteiger partial charge in [-0.15, -0.1) is 0 Å². The van der Waals surface area contributed by atoms with E-state index < -0.39 is 5.91 Å². The molecule has 0 aliphatic heterocycles. The number of benzene rings is 1. The van der Waals surface area contributed by atoms with Crippen LogP contribution >= 0.6 is 0 Å². The molecule has 2 aromatic rings. The van der Waals surface area contributed by atoms with Crippen molar-refractivity contribution in [3.05, 3.63) is 35.0 Å². The van der Waals surface area contributed by atoms with Crippen LogP contribution in [0, 0.1) is 6.92 Å². The SMILES string of the molecule is Cc1cc(C(N)=O)nc2c(C(C)(C)C)cc(O)cc12. The number of nitrogens with zero attached hydrogens (tertiary/aromatic N) is 1. The Morgan fingerprint density at radius 1 is 1.26 bits per heavy atom. The molecular formula is C15H18N2O2. The summed E-state index contributed by atoms with van der Waals surface area (Å²) in [7, 11) is 0. The summed E-state index contributed by atoms with van der Waals surface area (Å²) in [4.78, 5) is 15.7. The summed E-state index contributed by atoms with van der Waals surface area (Å²) in [6.45, 7) is 7.99. The van der Waals surface area contributed by atoms with E-state index in [0.717, 1.165) is 22.0 Å². The molecule has 100 valence electrons. The minimum absolute atomic E-state index is 0.188. The summed E-state index contributed by atoms with van der Waals surface area (Å²) < 4.78 is 0. The number of hydrogen-bond acceptors (Lipinski definition) is 3. The lowest BCUT2D eigenvalue weighted by molar-refractivity contribution is 0.0996. The summed E-state index contributed by atoms with van der Waals surface area (Å²) in [5.41, 5.74) is 7.87. The summed E-state index contributed by atoms with van der Waals surface area (Å²) in [6.07, 6.45) is 0. The summed E-state index contributed by atoms with van der Waals surface area (Å²) in [6, 6.07) is 5.01. The number of phenolic OH excluding ortho intramolecular Hbond substituents is 1. The number of pyridine rings is 1. The second kappa shape index (κ2) is 4.23. The summed E-state index contributed by atoms with van der Waals surface area (Å²) in [5, 5.41) is 10.7. The number of phenols is 1. The first-order valence-electron chi connectivity index (χ1n) is 6.15. The lowest BCUT2D eigenvalue weighted by Gasteiger charge is -2.21. The number of nitrogens with two attached hydrogens (primary N) is 1. The van der Waals surface area contributed by atoms with Crippen molar-refractivity contribution in [2.24, 2.45) is 5.73 Å². The Hall–Kier alpha value is -2.10. The predicted molar refractivity (Wildman–Crippen MR) is 75.4 cm³/mol. The zero-order valence-corrected chi connectivity index (χ0v) is 11.6. The third-order valence-electron chi connectivity index (χ3n) is 3.17. The molecule has 0 aliphatic rings. The van der Waals surface area contributed by atoms with Gasteiger partial charge in [-0.25, -0.2) is 4.98 Å². The van der Waals surface area contributed by atoms with Crippen LogP contribution in [0.5, 0.6) is 5.75 Å². The van der Waals surface area contributed by atoms with Crippen LogP contribution in [0.4, 0.5) is 0 Å². The van der Waals surface area contributed by atoms with E-state index in [9.17, 15) is 9.90 Å². The maximum atomic E-state index is 11.3. The second-order valence-corrected chi connectivity index (χ2v) is 5.83. The van der Waals surface area contributed by atoms with E-state index in [1.165, 1.54) is 0 Å². The molecule has 0 saturated carbocycles. The van der Waals surface area contributed by atoms with Gasteiger partial charge in [0.05, 0.1) is 5.52 Å². The fourth-order valence-electron chi connectivity index (χ4n) is 2.17. The Balaban J connectivity index is 2.92. The highest BCUT2D eigenvalue weighted by atomic mass is 16.3. The van der Waals surface area contributed by atoms with Crippen molar-refractivity contribution >= 4 is 16.8 Å². The number of carbonyl (C=O) groups excluding carboxylic acids is 1. The molecule has 2 rings (SSSR count). The molecule has 3 N–H and O–H groups in total. The number of aromatic hydroxyl groups is 1. The largest absolute Gasteiger partial charge is 0.508 e. The number of carbonyl (C=O) groups is 1. The first-order chi connectivity index (χ1) is 8.70. The van der Waals surface area contributed by atoms with Crippen LogP contribution < -0.4 is 5.73 Å². The minimum atomic E-state index is -0.544. The molecule has 0 aliphatic carbocycles. The van der Waals surface area contributed by atoms with Crippen LogP contribution in [0.15, 0.2) is 18.2 Å². The van der Waals surface area contributed by atoms with Crippen LogP contribution in [-0.2, 0) is 5.41 Å². The molecule has 1 aromatic heterocycles. The van der Waals surface area contributed by atoms with Crippen molar-refractivity contribution in [3.8, 4) is 5.75 Å². The number of rotatable bonds is 1. The van der Waals surface area contributed by atoms with Gasteiger partial charge in [0.25, 0.3) is 5.91 Å². The Kier molecular flexibility index (Phi) is 2.97. The Bertz CT molecular complexity index is 670. The van der Waals surface area contributed by atoms with Gasteiger partial charge in [-0.2, -0.15) is 0 Å². The van der Waals surface area contributed by atoms with E-state index in [0.29, 0.717) is 0 Å². The van der Waals surface area contributed by atoms with Crippen molar-refractivity contribution in [3.63, 3.8) is 0 Å². The summed E-state index contributed by atoms with van der Waals surface area (Å²) in [5.74, 6) is -0.341. The quantitative estimate of drug-likeness (QED) is 0.825. The number of aryl methyl sites for hydroxylation is 1. The Morgan fingerprint density at radius 3 is 2.42 bits per heavy atom. The molecule has 0 unspecified atom stereocenters. The molecule has 1 heterocycles. The number of hydrogen-bond donors (Lipinski definition) is 2. The van der Waals surface area contributed by atoms with E-state index in [-0.39, 0.29) is 16.9 Å². The van der Waals surface area contributed by atoms with E-state index in [2.05, 4.69) is 4.98 Å². The Labute approximate surface area is 112 Å². The number of aromatic nitrogens is 1. The topological polar surface area (TPSA) is 76.2 Å². The fourth-order valence-corrected chi connectivity index (χ4v) is 2.17. The molecule has 1 amide bonds. The predicted octanol–water partition coefficient (Wildman–Crippen LogP) is 2.65. The van der Waals surface area contributed by atoms with E-state index in [1.54, 1.807) is 18.2 Å². The molecule has 4 heteroatoms. The van der Waals surface area contributed by atoms with Crippen molar-refractivity contribution in [1.82, 2.24) is 4.98 Å². The molecule has 4 nitrogen and oxygen atoms in total. The fraction of sp³-hybridized carbons (Fsp3) is 0.333. The van der Waals surface area contributed by atoms with Crippen molar-refractivity contribution in [2.75, 3.05) is 0 Å². The van der Waals surface area contributed by atoms with Gasteiger partial charge in [0.1, 0.15) is 11.4 Å². The second-order valence-electron chi connectivity index (χ2n) is 5.83. The normalized spacial score (nSPS) is 11.8. The first kappa shape index (κ1) is 13.3. The summed E-state index contributed by atoms with van der Waals surface area (Å²) >= 11 is 0. The molecule has 0 bridgehead atoms. The standard InChI is InChI=1S/C15H18N2O2/c1-8-5-12(14(16)19)17-13-10(8)6-9(18)7-11(13)15(2,3)4/h5-7,18H,1-4H3,(H2,16,19). The zero-order valence-electron chi connectivity index (χ0n) is 11.6. The van der Waals surface area contributed by atoms with Crippen LogP contribution in [0.3, 0.4) is 0 Å². The number of primary amides is 1. The molecule has 0 saturated heterocycles. The molecular weight excluding hydrogens is 240 g/mol. The van der Waals surface area contributed by atoms with Gasteiger partial charge < -0.3 is 10.8 Å². The molecule has 0 fully saturated rings. The average Bonchev–Trinajstić information content (AvgIpc) is 2.27. The molecule has 19 heavy (non-hydrogen) atoms. The van der Waals surface area contributed by atoms with E-state index >= 15 is 0 Å². The zero-order chi connectivity index (χ0) is 14.4. The van der Waals surface area contributed by atoms with Crippen LogP contribution in [0.25, 0.3) is 10.9 Å². The molecule has 0 spiro atoms. The Morgan fingerprint density at radius 2 is 1.89 bits per heavy atom. The number of amides is 1. The van der Waals surface area contributed by atoms with Gasteiger partial charge >= 0.3 is 0 Å². The third-order valence-corrected chi connectivity index (χ3v) is 3.17. The van der Waals surface area contributed by atoms with Gasteiger partial charge in [-0.3, -0.25) is 4.79 Å². The highest BCUT2D eigenvalue weighted by Crippen LogP contribution is 2.33. The maximum Gasteiger partial charge on any atom is 0.267 e. The van der Waals surface area contributed by atoms with Crippen molar-refractivity contribution < 1.29 is 9.90 Å². The van der Waals surface area contributed by atoms with Crippen molar-refractivity contribution in [2.45, 2.75) is 33.1 Å². The monoisotopic (exact) mass is 258 g/mol. The smallest absolute Gasteiger partial charge is 0.267 e. The van der Waals surface area contributed by atoms with Crippen LogP contribution in [0.1, 0.15) is 42.4 Å². The van der Waals surface area contributed by atoms with E-state index in [4.69, 9.17) is 5.73 Å². The van der Waals surface area contributed by atoms with Gasteiger partial charge in [-0.1, -0.05) is 20.8 Å². The molecule has 0 atom stereocenters. The third kappa shape index (κ3) is 2.38.